The molecule has 0 bridgehead atoms. The van der Waals surface area contributed by atoms with Gasteiger partial charge < -0.3 is 22.9 Å². The lowest BCUT2D eigenvalue weighted by molar-refractivity contribution is 0.385. The van der Waals surface area contributed by atoms with Crippen LogP contribution in [0, 0.1) is 0 Å². The summed E-state index contributed by atoms with van der Waals surface area (Å²) >= 11 is 0. The van der Waals surface area contributed by atoms with Crippen molar-refractivity contribution in [3.05, 3.63) is 24.3 Å². The fraction of sp³-hybridized carbons (Fsp3) is 0.500. The van der Waals surface area contributed by atoms with Crippen LogP contribution in [0.15, 0.2) is 24.3 Å². The normalized spacial score (nSPS) is 24.4. The van der Waals surface area contributed by atoms with Crippen LogP contribution < -0.4 is 22.9 Å². The molecule has 0 heterocycles. The van der Waals surface area contributed by atoms with E-state index in [2.05, 4.69) is 0 Å². The molecule has 1 aliphatic carbocycles. The van der Waals surface area contributed by atoms with E-state index in [0.29, 0.717) is 11.4 Å². The predicted octanol–water partition coefficient (Wildman–Crippen LogP) is 1.07. The highest BCUT2D eigenvalue weighted by Gasteiger charge is 2.16. The van der Waals surface area contributed by atoms with Crippen LogP contribution in [0.1, 0.15) is 25.7 Å². The highest BCUT2D eigenvalue weighted by Crippen LogP contribution is 2.14. The molecule has 0 saturated heterocycles. The SMILES string of the molecule is NC1CCCCC1N.Nc1ccccc1N. The lowest BCUT2D eigenvalue weighted by Gasteiger charge is -2.24. The Labute approximate surface area is 97.0 Å². The molecule has 1 aromatic carbocycles. The first kappa shape index (κ1) is 12.8. The van der Waals surface area contributed by atoms with Crippen molar-refractivity contribution in [3.63, 3.8) is 0 Å². The maximum Gasteiger partial charge on any atom is 0.0547 e. The lowest BCUT2D eigenvalue weighted by Crippen LogP contribution is -2.43. The summed E-state index contributed by atoms with van der Waals surface area (Å²) in [7, 11) is 0. The van der Waals surface area contributed by atoms with Gasteiger partial charge in [-0.2, -0.15) is 0 Å². The molecule has 0 radical (unpaired) electrons. The van der Waals surface area contributed by atoms with Gasteiger partial charge in [0, 0.05) is 12.1 Å². The van der Waals surface area contributed by atoms with Crippen molar-refractivity contribution in [1.29, 1.82) is 0 Å². The highest BCUT2D eigenvalue weighted by atomic mass is 14.8. The largest absolute Gasteiger partial charge is 0.397 e. The van der Waals surface area contributed by atoms with Gasteiger partial charge in [0.15, 0.2) is 0 Å². The van der Waals surface area contributed by atoms with Gasteiger partial charge in [-0.05, 0) is 25.0 Å². The van der Waals surface area contributed by atoms with Crippen LogP contribution in [-0.2, 0) is 0 Å². The monoisotopic (exact) mass is 222 g/mol. The Balaban J connectivity index is 0.000000160. The van der Waals surface area contributed by atoms with Gasteiger partial charge in [0.05, 0.1) is 11.4 Å². The minimum atomic E-state index is 0.281. The molecule has 4 nitrogen and oxygen atoms in total. The van der Waals surface area contributed by atoms with Crippen molar-refractivity contribution in [2.45, 2.75) is 37.8 Å². The molecule has 2 rings (SSSR count). The molecule has 1 saturated carbocycles. The summed E-state index contributed by atoms with van der Waals surface area (Å²) in [6.45, 7) is 0. The molecule has 90 valence electrons. The van der Waals surface area contributed by atoms with E-state index in [1.165, 1.54) is 12.8 Å². The fourth-order valence-electron chi connectivity index (χ4n) is 1.70. The molecule has 0 aromatic heterocycles. The van der Waals surface area contributed by atoms with Crippen LogP contribution in [0.2, 0.25) is 0 Å². The molecule has 0 amide bonds. The first-order valence-corrected chi connectivity index (χ1v) is 5.72. The Hall–Kier alpha value is -1.26. The van der Waals surface area contributed by atoms with Gasteiger partial charge in [-0.1, -0.05) is 25.0 Å². The van der Waals surface area contributed by atoms with E-state index >= 15 is 0 Å². The number of rotatable bonds is 0. The van der Waals surface area contributed by atoms with E-state index in [-0.39, 0.29) is 12.1 Å². The first-order chi connectivity index (χ1) is 7.61. The molecule has 2 atom stereocenters. The lowest BCUT2D eigenvalue weighted by atomic mass is 9.92. The van der Waals surface area contributed by atoms with Crippen LogP contribution in [0.5, 0.6) is 0 Å². The number of hydrogen-bond acceptors (Lipinski definition) is 4. The molecular formula is C12H22N4. The van der Waals surface area contributed by atoms with E-state index in [4.69, 9.17) is 22.9 Å². The van der Waals surface area contributed by atoms with Crippen molar-refractivity contribution in [2.24, 2.45) is 11.5 Å². The van der Waals surface area contributed by atoms with Crippen molar-refractivity contribution in [1.82, 2.24) is 0 Å². The number of hydrogen-bond donors (Lipinski definition) is 4. The average Bonchev–Trinajstić information content (AvgIpc) is 2.28. The van der Waals surface area contributed by atoms with Crippen LogP contribution in [0.25, 0.3) is 0 Å². The number of para-hydroxylation sites is 2. The molecule has 0 aliphatic heterocycles. The van der Waals surface area contributed by atoms with E-state index in [1.807, 2.05) is 12.1 Å². The highest BCUT2D eigenvalue weighted by molar-refractivity contribution is 5.62. The van der Waals surface area contributed by atoms with Crippen molar-refractivity contribution in [2.75, 3.05) is 11.5 Å². The predicted molar refractivity (Wildman–Crippen MR) is 69.7 cm³/mol. The van der Waals surface area contributed by atoms with E-state index in [1.54, 1.807) is 12.1 Å². The molecule has 1 aliphatic rings. The maximum absolute atomic E-state index is 5.65. The molecular weight excluding hydrogens is 200 g/mol. The zero-order valence-corrected chi connectivity index (χ0v) is 9.60. The second kappa shape index (κ2) is 6.35. The smallest absolute Gasteiger partial charge is 0.0547 e. The van der Waals surface area contributed by atoms with Crippen LogP contribution in [0.3, 0.4) is 0 Å². The standard InChI is InChI=1S/C6H14N2.C6H8N2/c2*7-5-3-1-2-4-6(5)8/h5-6H,1-4,7-8H2;1-4H,7-8H2. The van der Waals surface area contributed by atoms with Gasteiger partial charge in [0.1, 0.15) is 0 Å². The molecule has 1 fully saturated rings. The summed E-state index contributed by atoms with van der Waals surface area (Å²) in [5.41, 5.74) is 23.4. The molecule has 0 spiro atoms. The third kappa shape index (κ3) is 4.08. The minimum Gasteiger partial charge on any atom is -0.397 e. The van der Waals surface area contributed by atoms with Crippen LogP contribution >= 0.6 is 0 Å². The summed E-state index contributed by atoms with van der Waals surface area (Å²) in [6, 6.07) is 7.81. The minimum absolute atomic E-state index is 0.281. The van der Waals surface area contributed by atoms with Crippen molar-refractivity contribution < 1.29 is 0 Å². The first-order valence-electron chi connectivity index (χ1n) is 5.72. The van der Waals surface area contributed by atoms with Crippen molar-refractivity contribution in [3.8, 4) is 0 Å². The van der Waals surface area contributed by atoms with Gasteiger partial charge in [-0.3, -0.25) is 0 Å². The summed E-state index contributed by atoms with van der Waals surface area (Å²) in [6.07, 6.45) is 4.80. The Morgan fingerprint density at radius 3 is 1.44 bits per heavy atom. The molecule has 8 N–H and O–H groups in total. The summed E-state index contributed by atoms with van der Waals surface area (Å²) < 4.78 is 0. The second-order valence-corrected chi connectivity index (χ2v) is 4.24. The quantitative estimate of drug-likeness (QED) is 0.493. The topological polar surface area (TPSA) is 104 Å². The third-order valence-electron chi connectivity index (χ3n) is 2.87. The Morgan fingerprint density at radius 2 is 1.19 bits per heavy atom. The Kier molecular flexibility index (Phi) is 5.08. The molecule has 16 heavy (non-hydrogen) atoms. The maximum atomic E-state index is 5.65. The number of nitrogens with two attached hydrogens (primary N) is 4. The van der Waals surface area contributed by atoms with Crippen LogP contribution in [0.4, 0.5) is 11.4 Å². The molecule has 4 heteroatoms. The summed E-state index contributed by atoms with van der Waals surface area (Å²) in [5.74, 6) is 0. The second-order valence-electron chi connectivity index (χ2n) is 4.24. The zero-order valence-electron chi connectivity index (χ0n) is 9.60. The summed E-state index contributed by atoms with van der Waals surface area (Å²) in [5, 5.41) is 0. The van der Waals surface area contributed by atoms with E-state index < -0.39 is 0 Å². The Bertz CT molecular complexity index is 283. The average molecular weight is 222 g/mol. The van der Waals surface area contributed by atoms with Gasteiger partial charge in [0.2, 0.25) is 0 Å². The number of nitrogen functional groups attached to an aromatic ring is 2. The fourth-order valence-corrected chi connectivity index (χ4v) is 1.70. The van der Waals surface area contributed by atoms with Gasteiger partial charge in [0.25, 0.3) is 0 Å². The summed E-state index contributed by atoms with van der Waals surface area (Å²) in [4.78, 5) is 0. The van der Waals surface area contributed by atoms with Gasteiger partial charge >= 0.3 is 0 Å². The van der Waals surface area contributed by atoms with E-state index in [0.717, 1.165) is 12.8 Å². The van der Waals surface area contributed by atoms with Crippen LogP contribution in [-0.4, -0.2) is 12.1 Å². The zero-order chi connectivity index (χ0) is 12.0. The molecule has 2 unspecified atom stereocenters. The van der Waals surface area contributed by atoms with Crippen molar-refractivity contribution >= 4 is 11.4 Å². The third-order valence-corrected chi connectivity index (χ3v) is 2.87. The molecule has 1 aromatic rings. The van der Waals surface area contributed by atoms with Gasteiger partial charge in [-0.15, -0.1) is 0 Å². The number of benzene rings is 1. The Morgan fingerprint density at radius 1 is 0.812 bits per heavy atom. The van der Waals surface area contributed by atoms with E-state index in [9.17, 15) is 0 Å². The number of anilines is 2. The van der Waals surface area contributed by atoms with Gasteiger partial charge in [-0.25, -0.2) is 0 Å².